The third kappa shape index (κ3) is 4.01. The third-order valence-corrected chi connectivity index (χ3v) is 4.64. The van der Waals surface area contributed by atoms with Crippen LogP contribution in [0.3, 0.4) is 0 Å². The first-order chi connectivity index (χ1) is 11.8. The van der Waals surface area contributed by atoms with Crippen LogP contribution < -0.4 is 10.6 Å². The van der Waals surface area contributed by atoms with Gasteiger partial charge in [0.05, 0.1) is 5.69 Å². The summed E-state index contributed by atoms with van der Waals surface area (Å²) in [5.41, 5.74) is 3.85. The molecule has 0 spiro atoms. The number of aryl methyl sites for hydroxylation is 1. The van der Waals surface area contributed by atoms with Gasteiger partial charge in [-0.25, -0.2) is 4.39 Å². The van der Waals surface area contributed by atoms with Gasteiger partial charge in [-0.3, -0.25) is 4.79 Å². The highest BCUT2D eigenvalue weighted by atomic mass is 19.1. The Morgan fingerprint density at radius 1 is 1.12 bits per heavy atom. The molecule has 3 rings (SSSR count). The fourth-order valence-electron chi connectivity index (χ4n) is 3.06. The van der Waals surface area contributed by atoms with Crippen LogP contribution in [0.15, 0.2) is 36.4 Å². The molecular weight excluding hydrogens is 315 g/mol. The lowest BCUT2D eigenvalue weighted by Gasteiger charge is -2.19. The molecule has 0 aromatic heterocycles. The Labute approximate surface area is 148 Å². The number of anilines is 2. The highest BCUT2D eigenvalue weighted by molar-refractivity contribution is 6.04. The van der Waals surface area contributed by atoms with Gasteiger partial charge in [-0.1, -0.05) is 32.9 Å². The van der Waals surface area contributed by atoms with Gasteiger partial charge in [-0.05, 0) is 60.1 Å². The molecule has 2 aromatic rings. The molecule has 0 fully saturated rings. The zero-order chi connectivity index (χ0) is 18.0. The quantitative estimate of drug-likeness (QED) is 0.796. The van der Waals surface area contributed by atoms with E-state index in [1.165, 1.54) is 6.07 Å². The van der Waals surface area contributed by atoms with Crippen LogP contribution in [0.2, 0.25) is 0 Å². The van der Waals surface area contributed by atoms with Crippen molar-refractivity contribution in [1.82, 2.24) is 0 Å². The molecule has 25 heavy (non-hydrogen) atoms. The lowest BCUT2D eigenvalue weighted by atomic mass is 9.87. The fourth-order valence-corrected chi connectivity index (χ4v) is 3.06. The van der Waals surface area contributed by atoms with Crippen LogP contribution in [0.5, 0.6) is 0 Å². The molecule has 1 amide bonds. The van der Waals surface area contributed by atoms with Crippen LogP contribution in [-0.2, 0) is 11.8 Å². The van der Waals surface area contributed by atoms with Crippen molar-refractivity contribution in [2.24, 2.45) is 0 Å². The predicted octanol–water partition coefficient (Wildman–Crippen LogP) is 5.12. The summed E-state index contributed by atoms with van der Waals surface area (Å²) in [6, 6.07) is 10.7. The Morgan fingerprint density at radius 2 is 1.84 bits per heavy atom. The van der Waals surface area contributed by atoms with E-state index in [9.17, 15) is 9.18 Å². The zero-order valence-corrected chi connectivity index (χ0v) is 15.1. The third-order valence-electron chi connectivity index (χ3n) is 4.64. The zero-order valence-electron chi connectivity index (χ0n) is 15.1. The largest absolute Gasteiger partial charge is 0.385 e. The van der Waals surface area contributed by atoms with Crippen LogP contribution in [0.4, 0.5) is 15.8 Å². The minimum atomic E-state index is -0.409. The number of benzene rings is 2. The van der Waals surface area contributed by atoms with Crippen LogP contribution in [-0.4, -0.2) is 12.5 Å². The summed E-state index contributed by atoms with van der Waals surface area (Å²) >= 11 is 0. The van der Waals surface area contributed by atoms with Crippen molar-refractivity contribution >= 4 is 17.3 Å². The van der Waals surface area contributed by atoms with E-state index in [4.69, 9.17) is 0 Å². The molecule has 4 heteroatoms. The maximum Gasteiger partial charge on any atom is 0.255 e. The number of fused-ring (bicyclic) bond motifs is 1. The standard InChI is InChI=1S/C21H25FN2O/c1-21(2,3)16-9-7-14(8-10-16)20(25)24-19-12-15-6-4-5-11-23-18(15)13-17(19)22/h7-10,12-13,23H,4-6,11H2,1-3H3,(H,24,25). The minimum absolute atomic E-state index is 0.0329. The van der Waals surface area contributed by atoms with Gasteiger partial charge in [0.25, 0.3) is 5.91 Å². The maximum absolute atomic E-state index is 14.4. The number of carbonyl (C=O) groups is 1. The molecule has 0 aliphatic carbocycles. The minimum Gasteiger partial charge on any atom is -0.385 e. The van der Waals surface area contributed by atoms with Crippen molar-refractivity contribution in [2.45, 2.75) is 45.4 Å². The molecule has 1 aliphatic rings. The van der Waals surface area contributed by atoms with E-state index in [1.54, 1.807) is 18.2 Å². The predicted molar refractivity (Wildman–Crippen MR) is 101 cm³/mol. The second kappa shape index (κ2) is 6.87. The van der Waals surface area contributed by atoms with E-state index in [0.717, 1.165) is 42.6 Å². The van der Waals surface area contributed by atoms with E-state index in [1.807, 2.05) is 12.1 Å². The second-order valence-corrected chi connectivity index (χ2v) is 7.65. The highest BCUT2D eigenvalue weighted by Crippen LogP contribution is 2.28. The number of amides is 1. The Hall–Kier alpha value is -2.36. The van der Waals surface area contributed by atoms with Crippen molar-refractivity contribution in [3.8, 4) is 0 Å². The summed E-state index contributed by atoms with van der Waals surface area (Å²) in [5, 5.41) is 5.96. The summed E-state index contributed by atoms with van der Waals surface area (Å²) < 4.78 is 14.4. The van der Waals surface area contributed by atoms with E-state index < -0.39 is 5.82 Å². The number of halogens is 1. The second-order valence-electron chi connectivity index (χ2n) is 7.65. The van der Waals surface area contributed by atoms with Gasteiger partial charge in [0, 0.05) is 17.8 Å². The maximum atomic E-state index is 14.4. The molecule has 1 aliphatic heterocycles. The van der Waals surface area contributed by atoms with Gasteiger partial charge in [0.1, 0.15) is 5.82 Å². The molecule has 1 heterocycles. The number of hydrogen-bond donors (Lipinski definition) is 2. The molecule has 0 unspecified atom stereocenters. The van der Waals surface area contributed by atoms with Gasteiger partial charge in [-0.2, -0.15) is 0 Å². The van der Waals surface area contributed by atoms with Crippen LogP contribution in [0.25, 0.3) is 0 Å². The lowest BCUT2D eigenvalue weighted by Crippen LogP contribution is -2.15. The van der Waals surface area contributed by atoms with Crippen molar-refractivity contribution in [2.75, 3.05) is 17.2 Å². The Bertz CT molecular complexity index is 776. The molecule has 2 N–H and O–H groups in total. The average Bonchev–Trinajstić information content (AvgIpc) is 2.79. The number of carbonyl (C=O) groups excluding carboxylic acids is 1. The van der Waals surface area contributed by atoms with Crippen molar-refractivity contribution in [3.05, 3.63) is 58.9 Å². The van der Waals surface area contributed by atoms with Crippen LogP contribution in [0.1, 0.15) is 55.1 Å². The van der Waals surface area contributed by atoms with E-state index >= 15 is 0 Å². The van der Waals surface area contributed by atoms with Crippen LogP contribution >= 0.6 is 0 Å². The highest BCUT2D eigenvalue weighted by Gasteiger charge is 2.17. The smallest absolute Gasteiger partial charge is 0.255 e. The summed E-state index contributed by atoms with van der Waals surface area (Å²) in [4.78, 5) is 12.5. The number of hydrogen-bond acceptors (Lipinski definition) is 2. The van der Waals surface area contributed by atoms with Gasteiger partial charge >= 0.3 is 0 Å². The molecule has 2 aromatic carbocycles. The summed E-state index contributed by atoms with van der Waals surface area (Å²) in [6.07, 6.45) is 3.02. The molecule has 3 nitrogen and oxygen atoms in total. The van der Waals surface area contributed by atoms with Gasteiger partial charge in [-0.15, -0.1) is 0 Å². The van der Waals surface area contributed by atoms with Crippen LogP contribution in [0, 0.1) is 5.82 Å². The van der Waals surface area contributed by atoms with Gasteiger partial charge in [0.2, 0.25) is 0 Å². The van der Waals surface area contributed by atoms with E-state index in [-0.39, 0.29) is 17.0 Å². The topological polar surface area (TPSA) is 41.1 Å². The normalized spacial score (nSPS) is 14.2. The Morgan fingerprint density at radius 3 is 2.52 bits per heavy atom. The van der Waals surface area contributed by atoms with E-state index in [0.29, 0.717) is 5.56 Å². The van der Waals surface area contributed by atoms with E-state index in [2.05, 4.69) is 31.4 Å². The Balaban J connectivity index is 1.80. The molecule has 132 valence electrons. The summed E-state index contributed by atoms with van der Waals surface area (Å²) in [5.74, 6) is -0.700. The molecule has 0 atom stereocenters. The number of rotatable bonds is 2. The first-order valence-electron chi connectivity index (χ1n) is 8.83. The average molecular weight is 340 g/mol. The molecule has 0 radical (unpaired) electrons. The Kier molecular flexibility index (Phi) is 4.80. The molecule has 0 saturated heterocycles. The molecule has 0 saturated carbocycles. The van der Waals surface area contributed by atoms with Crippen molar-refractivity contribution in [1.29, 1.82) is 0 Å². The fraction of sp³-hybridized carbons (Fsp3) is 0.381. The van der Waals surface area contributed by atoms with Gasteiger partial charge < -0.3 is 10.6 Å². The van der Waals surface area contributed by atoms with Crippen molar-refractivity contribution < 1.29 is 9.18 Å². The first kappa shape index (κ1) is 17.5. The van der Waals surface area contributed by atoms with Crippen molar-refractivity contribution in [3.63, 3.8) is 0 Å². The number of nitrogens with one attached hydrogen (secondary N) is 2. The monoisotopic (exact) mass is 340 g/mol. The summed E-state index contributed by atoms with van der Waals surface area (Å²) in [7, 11) is 0. The lowest BCUT2D eigenvalue weighted by molar-refractivity contribution is 0.102. The first-order valence-corrected chi connectivity index (χ1v) is 8.83. The molecule has 0 bridgehead atoms. The molecular formula is C21H25FN2O. The SMILES string of the molecule is CC(C)(C)c1ccc(C(=O)Nc2cc3c(cc2F)NCCCC3)cc1. The van der Waals surface area contributed by atoms with Gasteiger partial charge in [0.15, 0.2) is 0 Å². The summed E-state index contributed by atoms with van der Waals surface area (Å²) in [6.45, 7) is 7.24.